The Morgan fingerprint density at radius 2 is 2.00 bits per heavy atom. The van der Waals surface area contributed by atoms with Crippen molar-refractivity contribution in [3.8, 4) is 5.69 Å². The van der Waals surface area contributed by atoms with Crippen molar-refractivity contribution in [3.63, 3.8) is 0 Å². The van der Waals surface area contributed by atoms with Crippen molar-refractivity contribution in [1.82, 2.24) is 15.1 Å². The van der Waals surface area contributed by atoms with Crippen molar-refractivity contribution < 1.29 is 23.1 Å². The highest BCUT2D eigenvalue weighted by molar-refractivity contribution is 5.94. The summed E-state index contributed by atoms with van der Waals surface area (Å²) in [7, 11) is 0. The molecular weight excluding hydrogens is 389 g/mol. The smallest absolute Gasteiger partial charge is 0.333 e. The number of halogens is 1. The maximum Gasteiger partial charge on any atom is 0.333 e. The summed E-state index contributed by atoms with van der Waals surface area (Å²) >= 11 is 0. The van der Waals surface area contributed by atoms with Crippen LogP contribution in [-0.2, 0) is 14.3 Å². The summed E-state index contributed by atoms with van der Waals surface area (Å²) in [5.41, 5.74) is 2.34. The lowest BCUT2D eigenvalue weighted by molar-refractivity contribution is -0.147. The van der Waals surface area contributed by atoms with E-state index in [1.165, 1.54) is 30.5 Å². The molecule has 0 aliphatic heterocycles. The molecule has 1 N–H and O–H groups in total. The molecule has 7 nitrogen and oxygen atoms in total. The van der Waals surface area contributed by atoms with Crippen LogP contribution in [0, 0.1) is 19.7 Å². The SMILES string of the molecule is CCOC(=O)C(NC(=O)/C=C/c1ccco1)c1c(C)nn(-c2ccc(F)cc2)c1C. The highest BCUT2D eigenvalue weighted by atomic mass is 19.1. The molecule has 2 aromatic heterocycles. The van der Waals surface area contributed by atoms with Crippen LogP contribution in [-0.4, -0.2) is 28.3 Å². The molecule has 0 saturated heterocycles. The zero-order valence-corrected chi connectivity index (χ0v) is 16.9. The molecule has 0 radical (unpaired) electrons. The van der Waals surface area contributed by atoms with E-state index < -0.39 is 17.9 Å². The molecule has 2 heterocycles. The number of hydrogen-bond donors (Lipinski definition) is 1. The first-order chi connectivity index (χ1) is 14.4. The van der Waals surface area contributed by atoms with Gasteiger partial charge >= 0.3 is 5.97 Å². The summed E-state index contributed by atoms with van der Waals surface area (Å²) in [5, 5.41) is 7.15. The molecule has 1 amide bonds. The van der Waals surface area contributed by atoms with E-state index in [0.717, 1.165) is 0 Å². The van der Waals surface area contributed by atoms with Gasteiger partial charge in [0.25, 0.3) is 0 Å². The van der Waals surface area contributed by atoms with Gasteiger partial charge in [-0.3, -0.25) is 4.79 Å². The molecule has 1 atom stereocenters. The fraction of sp³-hybridized carbons (Fsp3) is 0.227. The van der Waals surface area contributed by atoms with Crippen LogP contribution in [0.4, 0.5) is 4.39 Å². The third kappa shape index (κ3) is 4.65. The van der Waals surface area contributed by atoms with Crippen molar-refractivity contribution in [2.75, 3.05) is 6.61 Å². The Morgan fingerprint density at radius 3 is 2.63 bits per heavy atom. The highest BCUT2D eigenvalue weighted by Crippen LogP contribution is 2.25. The van der Waals surface area contributed by atoms with Crippen LogP contribution in [0.5, 0.6) is 0 Å². The van der Waals surface area contributed by atoms with Gasteiger partial charge in [0, 0.05) is 17.3 Å². The van der Waals surface area contributed by atoms with Gasteiger partial charge in [-0.2, -0.15) is 5.10 Å². The fourth-order valence-corrected chi connectivity index (χ4v) is 3.12. The number of aryl methyl sites for hydroxylation is 1. The number of hydrogen-bond acceptors (Lipinski definition) is 5. The monoisotopic (exact) mass is 411 g/mol. The fourth-order valence-electron chi connectivity index (χ4n) is 3.12. The number of nitrogens with one attached hydrogen (secondary N) is 1. The molecule has 1 aromatic carbocycles. The minimum atomic E-state index is -1.05. The number of aromatic nitrogens is 2. The second kappa shape index (κ2) is 9.21. The summed E-state index contributed by atoms with van der Waals surface area (Å²) in [6.07, 6.45) is 4.27. The Labute approximate surface area is 173 Å². The number of amides is 1. The second-order valence-corrected chi connectivity index (χ2v) is 6.52. The molecule has 0 spiro atoms. The van der Waals surface area contributed by atoms with E-state index in [0.29, 0.717) is 28.4 Å². The average molecular weight is 411 g/mol. The number of benzene rings is 1. The van der Waals surface area contributed by atoms with Gasteiger partial charge in [0.1, 0.15) is 11.6 Å². The molecule has 156 valence electrons. The molecule has 0 saturated carbocycles. The Kier molecular flexibility index (Phi) is 6.46. The molecule has 1 unspecified atom stereocenters. The quantitative estimate of drug-likeness (QED) is 0.474. The Balaban J connectivity index is 1.93. The average Bonchev–Trinajstić information content (AvgIpc) is 3.34. The second-order valence-electron chi connectivity index (χ2n) is 6.52. The van der Waals surface area contributed by atoms with Gasteiger partial charge in [0.05, 0.1) is 24.3 Å². The molecular formula is C22H22FN3O4. The Morgan fingerprint density at radius 1 is 1.27 bits per heavy atom. The molecule has 0 aliphatic carbocycles. The number of ether oxygens (including phenoxy) is 1. The summed E-state index contributed by atoms with van der Waals surface area (Å²) < 4.78 is 25.2. The molecule has 0 fully saturated rings. The van der Waals surface area contributed by atoms with E-state index in [1.54, 1.807) is 49.7 Å². The summed E-state index contributed by atoms with van der Waals surface area (Å²) in [5.74, 6) is -0.935. The van der Waals surface area contributed by atoms with E-state index >= 15 is 0 Å². The van der Waals surface area contributed by atoms with Crippen LogP contribution >= 0.6 is 0 Å². The first-order valence-electron chi connectivity index (χ1n) is 9.41. The van der Waals surface area contributed by atoms with Gasteiger partial charge in [0.2, 0.25) is 5.91 Å². The summed E-state index contributed by atoms with van der Waals surface area (Å²) in [6.45, 7) is 5.36. The molecule has 30 heavy (non-hydrogen) atoms. The van der Waals surface area contributed by atoms with Crippen molar-refractivity contribution in [3.05, 3.63) is 77.3 Å². The topological polar surface area (TPSA) is 86.4 Å². The van der Waals surface area contributed by atoms with E-state index in [2.05, 4.69) is 10.4 Å². The number of carbonyl (C=O) groups is 2. The highest BCUT2D eigenvalue weighted by Gasteiger charge is 2.30. The third-order valence-electron chi connectivity index (χ3n) is 4.46. The van der Waals surface area contributed by atoms with E-state index in [4.69, 9.17) is 9.15 Å². The molecule has 8 heteroatoms. The van der Waals surface area contributed by atoms with Crippen LogP contribution in [0.3, 0.4) is 0 Å². The van der Waals surface area contributed by atoms with Crippen molar-refractivity contribution in [2.24, 2.45) is 0 Å². The number of esters is 1. The van der Waals surface area contributed by atoms with Gasteiger partial charge < -0.3 is 14.5 Å². The van der Waals surface area contributed by atoms with Gasteiger partial charge in [0.15, 0.2) is 6.04 Å². The predicted octanol–water partition coefficient (Wildman–Crippen LogP) is 3.66. The lowest BCUT2D eigenvalue weighted by Crippen LogP contribution is -2.34. The van der Waals surface area contributed by atoms with Crippen LogP contribution in [0.15, 0.2) is 53.2 Å². The molecule has 3 rings (SSSR count). The zero-order valence-electron chi connectivity index (χ0n) is 16.9. The predicted molar refractivity (Wildman–Crippen MR) is 108 cm³/mol. The first kappa shape index (κ1) is 21.0. The standard InChI is InChI=1S/C22H22FN3O4/c1-4-29-22(28)21(24-19(27)12-11-18-6-5-13-30-18)20-14(2)25-26(15(20)3)17-9-7-16(23)8-10-17/h5-13,21H,4H2,1-3H3,(H,24,27)/b12-11+. The van der Waals surface area contributed by atoms with Crippen molar-refractivity contribution >= 4 is 18.0 Å². The summed E-state index contributed by atoms with van der Waals surface area (Å²) in [6, 6.07) is 8.19. The number of nitrogens with zero attached hydrogens (tertiary/aromatic N) is 2. The third-order valence-corrected chi connectivity index (χ3v) is 4.46. The van der Waals surface area contributed by atoms with Gasteiger partial charge in [-0.05, 0) is 63.2 Å². The lowest BCUT2D eigenvalue weighted by Gasteiger charge is -2.17. The lowest BCUT2D eigenvalue weighted by atomic mass is 10.0. The van der Waals surface area contributed by atoms with Crippen molar-refractivity contribution in [1.29, 1.82) is 0 Å². The number of rotatable bonds is 7. The number of carbonyl (C=O) groups excluding carboxylic acids is 2. The Hall–Kier alpha value is -3.68. The minimum Gasteiger partial charge on any atom is -0.465 e. The normalized spacial score (nSPS) is 12.1. The van der Waals surface area contributed by atoms with E-state index in [-0.39, 0.29) is 12.4 Å². The zero-order chi connectivity index (χ0) is 21.7. The first-order valence-corrected chi connectivity index (χ1v) is 9.41. The van der Waals surface area contributed by atoms with E-state index in [9.17, 15) is 14.0 Å². The molecule has 0 aliphatic rings. The maximum absolute atomic E-state index is 13.3. The molecule has 0 bridgehead atoms. The Bertz CT molecular complexity index is 1050. The van der Waals surface area contributed by atoms with Crippen LogP contribution in [0.1, 0.15) is 35.7 Å². The van der Waals surface area contributed by atoms with Crippen LogP contribution in [0.2, 0.25) is 0 Å². The van der Waals surface area contributed by atoms with Gasteiger partial charge in [-0.1, -0.05) is 0 Å². The van der Waals surface area contributed by atoms with Crippen LogP contribution < -0.4 is 5.32 Å². The molecule has 3 aromatic rings. The van der Waals surface area contributed by atoms with Gasteiger partial charge in [-0.25, -0.2) is 13.9 Å². The summed E-state index contributed by atoms with van der Waals surface area (Å²) in [4.78, 5) is 25.1. The van der Waals surface area contributed by atoms with E-state index in [1.807, 2.05) is 0 Å². The largest absolute Gasteiger partial charge is 0.465 e. The minimum absolute atomic E-state index is 0.164. The van der Waals surface area contributed by atoms with Crippen LogP contribution in [0.25, 0.3) is 11.8 Å². The van der Waals surface area contributed by atoms with Gasteiger partial charge in [-0.15, -0.1) is 0 Å². The van der Waals surface area contributed by atoms with Crippen molar-refractivity contribution in [2.45, 2.75) is 26.8 Å². The maximum atomic E-state index is 13.3. The number of furan rings is 1.